The summed E-state index contributed by atoms with van der Waals surface area (Å²) in [6.07, 6.45) is -3.99. The molecule has 2 saturated heterocycles. The third-order valence-corrected chi connectivity index (χ3v) is 6.86. The number of aliphatic imine (C=N–C) groups is 1. The molecule has 0 saturated carbocycles. The largest absolute Gasteiger partial charge is 0.403 e. The van der Waals surface area contributed by atoms with Crippen LogP contribution in [-0.4, -0.2) is 98.4 Å². The number of alkyl halides is 3. The van der Waals surface area contributed by atoms with E-state index >= 15 is 0 Å². The summed E-state index contributed by atoms with van der Waals surface area (Å²) in [5.41, 5.74) is 0. The van der Waals surface area contributed by atoms with E-state index in [1.54, 1.807) is 18.4 Å². The van der Waals surface area contributed by atoms with Crippen LogP contribution in [0.3, 0.4) is 0 Å². The molecule has 170 valence electrons. The zero-order valence-electron chi connectivity index (χ0n) is 17.9. The standard InChI is InChI=1S/C20H32F3N5OS/c1-15-14-28(10-11-29-15)17(18-5-4-12-30-18)13-25-19(24-3)27-8-6-26(7-9-27)16(2)20(21,22)23/h4-5,12,15-17H,6-11,13-14H2,1-3H3,(H,24,25). The normalized spacial score (nSPS) is 24.7. The molecule has 1 N–H and O–H groups in total. The number of thiophene rings is 1. The molecule has 0 bridgehead atoms. The van der Waals surface area contributed by atoms with Gasteiger partial charge in [-0.3, -0.25) is 14.8 Å². The van der Waals surface area contributed by atoms with Gasteiger partial charge in [-0.25, -0.2) is 0 Å². The fraction of sp³-hybridized carbons (Fsp3) is 0.750. The molecule has 3 heterocycles. The van der Waals surface area contributed by atoms with Crippen LogP contribution in [0.25, 0.3) is 0 Å². The maximum atomic E-state index is 13.0. The number of piperazine rings is 1. The van der Waals surface area contributed by atoms with Crippen molar-refractivity contribution in [1.29, 1.82) is 0 Å². The van der Waals surface area contributed by atoms with Crippen molar-refractivity contribution in [3.8, 4) is 0 Å². The Morgan fingerprint density at radius 1 is 1.27 bits per heavy atom. The molecule has 10 heteroatoms. The monoisotopic (exact) mass is 447 g/mol. The van der Waals surface area contributed by atoms with Crippen LogP contribution >= 0.6 is 11.3 Å². The van der Waals surface area contributed by atoms with Crippen LogP contribution < -0.4 is 5.32 Å². The molecule has 0 spiro atoms. The first-order valence-corrected chi connectivity index (χ1v) is 11.3. The minimum atomic E-state index is -4.19. The smallest absolute Gasteiger partial charge is 0.376 e. The molecule has 2 aliphatic heterocycles. The topological polar surface area (TPSA) is 43.3 Å². The molecule has 30 heavy (non-hydrogen) atoms. The fourth-order valence-corrected chi connectivity index (χ4v) is 4.93. The van der Waals surface area contributed by atoms with Crippen LogP contribution in [-0.2, 0) is 4.74 Å². The Labute approximate surface area is 180 Å². The van der Waals surface area contributed by atoms with Gasteiger partial charge in [0.2, 0.25) is 0 Å². The lowest BCUT2D eigenvalue weighted by atomic mass is 10.1. The van der Waals surface area contributed by atoms with Gasteiger partial charge in [-0.2, -0.15) is 13.2 Å². The maximum absolute atomic E-state index is 13.0. The van der Waals surface area contributed by atoms with Crippen molar-refractivity contribution in [3.05, 3.63) is 22.4 Å². The van der Waals surface area contributed by atoms with Crippen molar-refractivity contribution >= 4 is 17.3 Å². The Morgan fingerprint density at radius 3 is 2.57 bits per heavy atom. The first-order chi connectivity index (χ1) is 14.3. The predicted molar refractivity (Wildman–Crippen MR) is 114 cm³/mol. The van der Waals surface area contributed by atoms with Gasteiger partial charge in [-0.15, -0.1) is 11.3 Å². The average Bonchev–Trinajstić information content (AvgIpc) is 3.25. The number of rotatable bonds is 5. The van der Waals surface area contributed by atoms with E-state index in [0.717, 1.165) is 25.7 Å². The van der Waals surface area contributed by atoms with Gasteiger partial charge in [-0.1, -0.05) is 6.07 Å². The third kappa shape index (κ3) is 5.87. The van der Waals surface area contributed by atoms with Gasteiger partial charge < -0.3 is 15.0 Å². The van der Waals surface area contributed by atoms with Crippen LogP contribution in [0.5, 0.6) is 0 Å². The van der Waals surface area contributed by atoms with Gasteiger partial charge in [-0.05, 0) is 25.3 Å². The van der Waals surface area contributed by atoms with E-state index in [4.69, 9.17) is 4.74 Å². The summed E-state index contributed by atoms with van der Waals surface area (Å²) in [5, 5.41) is 5.56. The average molecular weight is 448 g/mol. The molecule has 0 aliphatic carbocycles. The van der Waals surface area contributed by atoms with Gasteiger partial charge in [0.25, 0.3) is 0 Å². The van der Waals surface area contributed by atoms with Crippen molar-refractivity contribution in [2.45, 2.75) is 38.2 Å². The Morgan fingerprint density at radius 2 is 2.00 bits per heavy atom. The number of nitrogens with one attached hydrogen (secondary N) is 1. The Hall–Kier alpha value is -1.36. The molecule has 0 aromatic carbocycles. The summed E-state index contributed by atoms with van der Waals surface area (Å²) < 4.78 is 44.7. The molecule has 2 fully saturated rings. The van der Waals surface area contributed by atoms with E-state index in [2.05, 4.69) is 39.6 Å². The number of halogens is 3. The highest BCUT2D eigenvalue weighted by Gasteiger charge is 2.41. The Bertz CT molecular complexity index is 676. The first kappa shape index (κ1) is 23.3. The van der Waals surface area contributed by atoms with Crippen LogP contribution in [0.2, 0.25) is 0 Å². The molecule has 3 atom stereocenters. The summed E-state index contributed by atoms with van der Waals surface area (Å²) >= 11 is 1.74. The molecule has 6 nitrogen and oxygen atoms in total. The van der Waals surface area contributed by atoms with E-state index < -0.39 is 12.2 Å². The molecule has 3 unspecified atom stereocenters. The van der Waals surface area contributed by atoms with E-state index in [9.17, 15) is 13.2 Å². The van der Waals surface area contributed by atoms with Crippen molar-refractivity contribution in [1.82, 2.24) is 20.0 Å². The SMILES string of the molecule is CN=C(NCC(c1cccs1)N1CCOC(C)C1)N1CCN(C(C)C(F)(F)F)CC1. The van der Waals surface area contributed by atoms with E-state index in [1.165, 1.54) is 16.7 Å². The highest BCUT2D eigenvalue weighted by atomic mass is 32.1. The van der Waals surface area contributed by atoms with Gasteiger partial charge in [0, 0.05) is 57.7 Å². The quantitative estimate of drug-likeness (QED) is 0.555. The number of morpholine rings is 1. The number of hydrogen-bond donors (Lipinski definition) is 1. The van der Waals surface area contributed by atoms with E-state index in [-0.39, 0.29) is 12.1 Å². The number of nitrogens with zero attached hydrogens (tertiary/aromatic N) is 4. The Kier molecular flexibility index (Phi) is 8.00. The predicted octanol–water partition coefficient (Wildman–Crippen LogP) is 2.65. The summed E-state index contributed by atoms with van der Waals surface area (Å²) in [5.74, 6) is 0.747. The zero-order chi connectivity index (χ0) is 21.7. The van der Waals surface area contributed by atoms with Gasteiger partial charge in [0.1, 0.15) is 6.04 Å². The third-order valence-electron chi connectivity index (χ3n) is 5.89. The maximum Gasteiger partial charge on any atom is 0.403 e. The minimum Gasteiger partial charge on any atom is -0.376 e. The van der Waals surface area contributed by atoms with Crippen molar-refractivity contribution in [2.75, 3.05) is 59.5 Å². The molecule has 0 amide bonds. The zero-order valence-corrected chi connectivity index (χ0v) is 18.7. The molecule has 0 radical (unpaired) electrons. The van der Waals surface area contributed by atoms with Gasteiger partial charge >= 0.3 is 6.18 Å². The highest BCUT2D eigenvalue weighted by Crippen LogP contribution is 2.27. The molecular weight excluding hydrogens is 415 g/mol. The number of guanidine groups is 1. The summed E-state index contributed by atoms with van der Waals surface area (Å²) in [6.45, 7) is 8.28. The number of ether oxygens (including phenoxy) is 1. The van der Waals surface area contributed by atoms with Crippen LogP contribution in [0.15, 0.2) is 22.5 Å². The second-order valence-electron chi connectivity index (χ2n) is 7.88. The minimum absolute atomic E-state index is 0.198. The Balaban J connectivity index is 1.58. The molecule has 1 aromatic heterocycles. The van der Waals surface area contributed by atoms with Crippen molar-refractivity contribution < 1.29 is 17.9 Å². The van der Waals surface area contributed by atoms with E-state index in [0.29, 0.717) is 32.7 Å². The summed E-state index contributed by atoms with van der Waals surface area (Å²) in [6, 6.07) is 3.00. The second-order valence-corrected chi connectivity index (χ2v) is 8.86. The van der Waals surface area contributed by atoms with Gasteiger partial charge in [0.15, 0.2) is 5.96 Å². The molecule has 3 rings (SSSR count). The van der Waals surface area contributed by atoms with Crippen LogP contribution in [0, 0.1) is 0 Å². The molecule has 1 aromatic rings. The highest BCUT2D eigenvalue weighted by molar-refractivity contribution is 7.10. The lowest BCUT2D eigenvalue weighted by Gasteiger charge is -2.40. The molecule has 2 aliphatic rings. The lowest BCUT2D eigenvalue weighted by molar-refractivity contribution is -0.181. The van der Waals surface area contributed by atoms with Crippen LogP contribution in [0.4, 0.5) is 13.2 Å². The summed E-state index contributed by atoms with van der Waals surface area (Å²) in [4.78, 5) is 11.7. The second kappa shape index (κ2) is 10.3. The first-order valence-electron chi connectivity index (χ1n) is 10.4. The van der Waals surface area contributed by atoms with Crippen molar-refractivity contribution in [2.24, 2.45) is 4.99 Å². The molecular formula is C20H32F3N5OS. The lowest BCUT2D eigenvalue weighted by Crippen LogP contribution is -2.57. The summed E-state index contributed by atoms with van der Waals surface area (Å²) in [7, 11) is 1.73. The van der Waals surface area contributed by atoms with Crippen molar-refractivity contribution in [3.63, 3.8) is 0 Å². The van der Waals surface area contributed by atoms with Crippen LogP contribution in [0.1, 0.15) is 24.8 Å². The van der Waals surface area contributed by atoms with E-state index in [1.807, 2.05) is 4.90 Å². The van der Waals surface area contributed by atoms with Gasteiger partial charge in [0.05, 0.1) is 18.8 Å². The fourth-order valence-electron chi connectivity index (χ4n) is 4.07. The number of hydrogen-bond acceptors (Lipinski definition) is 5.